The highest BCUT2D eigenvalue weighted by atomic mass is 35.5. The van der Waals surface area contributed by atoms with Gasteiger partial charge in [0, 0.05) is 23.4 Å². The summed E-state index contributed by atoms with van der Waals surface area (Å²) in [5.41, 5.74) is -1.69. The molecular formula is C25H27ClF3NO6S. The maximum absolute atomic E-state index is 13.8. The molecule has 2 aromatic carbocycles. The average Bonchev–Trinajstić information content (AvgIpc) is 3.04. The number of aliphatic hydroxyl groups is 2. The van der Waals surface area contributed by atoms with E-state index in [4.69, 9.17) is 21.4 Å². The lowest BCUT2D eigenvalue weighted by molar-refractivity contribution is -0.0877. The van der Waals surface area contributed by atoms with Gasteiger partial charge in [-0.2, -0.15) is 0 Å². The average molecular weight is 562 g/mol. The van der Waals surface area contributed by atoms with E-state index < -0.39 is 44.0 Å². The van der Waals surface area contributed by atoms with Gasteiger partial charge in [0.25, 0.3) is 5.91 Å². The fraction of sp³-hybridized carbons (Fsp3) is 0.480. The Labute approximate surface area is 217 Å². The molecule has 2 aliphatic carbocycles. The molecule has 2 aromatic rings. The fourth-order valence-electron chi connectivity index (χ4n) is 5.76. The van der Waals surface area contributed by atoms with Crippen LogP contribution in [0.3, 0.4) is 0 Å². The Morgan fingerprint density at radius 3 is 2.49 bits per heavy atom. The maximum Gasteiger partial charge on any atom is 0.255 e. The van der Waals surface area contributed by atoms with E-state index in [-0.39, 0.29) is 71.6 Å². The second kappa shape index (κ2) is 10.5. The van der Waals surface area contributed by atoms with E-state index in [2.05, 4.69) is 5.32 Å². The molecule has 2 aliphatic rings. The van der Waals surface area contributed by atoms with E-state index in [0.717, 1.165) is 6.07 Å². The van der Waals surface area contributed by atoms with Crippen molar-refractivity contribution in [2.75, 3.05) is 25.1 Å². The molecule has 2 unspecified atom stereocenters. The Bertz CT molecular complexity index is 1290. The van der Waals surface area contributed by atoms with Gasteiger partial charge in [0.15, 0.2) is 27.3 Å². The van der Waals surface area contributed by atoms with Crippen LogP contribution in [0.2, 0.25) is 5.02 Å². The van der Waals surface area contributed by atoms with Crippen LogP contribution in [0.4, 0.5) is 18.9 Å². The van der Waals surface area contributed by atoms with Crippen molar-refractivity contribution in [1.29, 1.82) is 0 Å². The topological polar surface area (TPSA) is 113 Å². The minimum absolute atomic E-state index is 0.00478. The van der Waals surface area contributed by atoms with E-state index in [1.807, 2.05) is 6.92 Å². The predicted molar refractivity (Wildman–Crippen MR) is 130 cm³/mol. The number of rotatable bonds is 8. The zero-order valence-corrected chi connectivity index (χ0v) is 21.5. The van der Waals surface area contributed by atoms with Crippen molar-refractivity contribution < 1.29 is 41.3 Å². The summed E-state index contributed by atoms with van der Waals surface area (Å²) in [6.07, 6.45) is 0.971. The van der Waals surface area contributed by atoms with Crippen LogP contribution < -0.4 is 5.32 Å². The smallest absolute Gasteiger partial charge is 0.255 e. The molecule has 2 fully saturated rings. The normalized spacial score (nSPS) is 27.3. The molecular weight excluding hydrogens is 535 g/mol. The first-order valence-electron chi connectivity index (χ1n) is 11.8. The number of carbonyl (C=O) groups is 1. The molecule has 37 heavy (non-hydrogen) atoms. The Morgan fingerprint density at radius 1 is 1.19 bits per heavy atom. The van der Waals surface area contributed by atoms with Crippen molar-refractivity contribution in [2.45, 2.75) is 41.9 Å². The van der Waals surface area contributed by atoms with Crippen molar-refractivity contribution in [3.63, 3.8) is 0 Å². The van der Waals surface area contributed by atoms with Gasteiger partial charge in [-0.05, 0) is 55.2 Å². The third-order valence-electron chi connectivity index (χ3n) is 7.26. The Hall–Kier alpha value is -2.18. The van der Waals surface area contributed by atoms with Gasteiger partial charge in [0.2, 0.25) is 0 Å². The zero-order chi connectivity index (χ0) is 27.1. The maximum atomic E-state index is 13.8. The summed E-state index contributed by atoms with van der Waals surface area (Å²) in [6, 6.07) is 4.84. The number of hydrogen-bond acceptors (Lipinski definition) is 6. The number of anilines is 1. The first-order chi connectivity index (χ1) is 17.4. The Kier molecular flexibility index (Phi) is 7.92. The third-order valence-corrected chi connectivity index (χ3v) is 10.1. The van der Waals surface area contributed by atoms with E-state index in [9.17, 15) is 31.5 Å². The minimum atomic E-state index is -4.06. The molecule has 7 nitrogen and oxygen atoms in total. The highest BCUT2D eigenvalue weighted by molar-refractivity contribution is 7.92. The fourth-order valence-corrected chi connectivity index (χ4v) is 8.66. The molecule has 0 aromatic heterocycles. The van der Waals surface area contributed by atoms with Crippen molar-refractivity contribution in [1.82, 2.24) is 0 Å². The number of amides is 1. The van der Waals surface area contributed by atoms with Crippen molar-refractivity contribution in [2.24, 2.45) is 17.8 Å². The summed E-state index contributed by atoms with van der Waals surface area (Å²) < 4.78 is 73.3. The van der Waals surface area contributed by atoms with Crippen LogP contribution >= 0.6 is 11.6 Å². The van der Waals surface area contributed by atoms with Crippen LogP contribution in [0, 0.1) is 35.2 Å². The Balaban J connectivity index is 1.60. The molecule has 0 aliphatic heterocycles. The van der Waals surface area contributed by atoms with Gasteiger partial charge >= 0.3 is 0 Å². The highest BCUT2D eigenvalue weighted by Gasteiger charge is 2.57. The number of aliphatic hydroxyl groups excluding tert-OH is 1. The van der Waals surface area contributed by atoms with Gasteiger partial charge in [-0.25, -0.2) is 21.6 Å². The lowest BCUT2D eigenvalue weighted by atomic mass is 9.76. The molecule has 2 bridgehead atoms. The van der Waals surface area contributed by atoms with Gasteiger partial charge in [-0.1, -0.05) is 18.5 Å². The standard InChI is InChI=1S/C25H27ClF3NO6S/c1-13-6-15-10-25(33,12-36-5-4-31)11-17(13)23(15)37(34,35)21-7-14(2-3-18(21)26)24(32)30-16-8-19(27)22(29)20(28)9-16/h2-3,7-9,13,15,17,23,31,33H,4-6,10-12H2,1H3,(H,30,32)/t13-,15-,17?,23?,25+/m0/s1. The summed E-state index contributed by atoms with van der Waals surface area (Å²) in [5.74, 6) is -6.28. The lowest BCUT2D eigenvalue weighted by Gasteiger charge is -2.41. The van der Waals surface area contributed by atoms with Crippen molar-refractivity contribution >= 4 is 33.0 Å². The monoisotopic (exact) mass is 561 g/mol. The number of carbonyl (C=O) groups excluding carboxylic acids is 1. The van der Waals surface area contributed by atoms with Crippen LogP contribution in [0.15, 0.2) is 35.2 Å². The number of hydrogen-bond donors (Lipinski definition) is 3. The lowest BCUT2D eigenvalue weighted by Crippen LogP contribution is -2.49. The SMILES string of the molecule is C[C@H]1C[C@H]2C[C@](O)(COCCO)CC1C2S(=O)(=O)c1cc(C(=O)Nc2cc(F)c(F)c(F)c2)ccc1Cl. The molecule has 4 rings (SSSR count). The van der Waals surface area contributed by atoms with E-state index >= 15 is 0 Å². The zero-order valence-electron chi connectivity index (χ0n) is 19.9. The molecule has 2 saturated carbocycles. The van der Waals surface area contributed by atoms with Gasteiger partial charge in [-0.3, -0.25) is 4.79 Å². The molecule has 202 valence electrons. The largest absolute Gasteiger partial charge is 0.394 e. The highest BCUT2D eigenvalue weighted by Crippen LogP contribution is 2.54. The van der Waals surface area contributed by atoms with E-state index in [0.29, 0.717) is 18.6 Å². The molecule has 0 saturated heterocycles. The molecule has 0 spiro atoms. The molecule has 3 N–H and O–H groups in total. The van der Waals surface area contributed by atoms with Crippen LogP contribution in [0.1, 0.15) is 36.5 Å². The number of fused-ring (bicyclic) bond motifs is 2. The van der Waals surface area contributed by atoms with Crippen molar-refractivity contribution in [3.05, 3.63) is 58.4 Å². The summed E-state index contributed by atoms with van der Waals surface area (Å²) in [4.78, 5) is 12.5. The summed E-state index contributed by atoms with van der Waals surface area (Å²) in [6.45, 7) is 1.79. The second-order valence-electron chi connectivity index (χ2n) is 9.91. The first-order valence-corrected chi connectivity index (χ1v) is 13.7. The second-order valence-corrected chi connectivity index (χ2v) is 12.4. The van der Waals surface area contributed by atoms with Crippen LogP contribution in [-0.2, 0) is 14.6 Å². The first kappa shape index (κ1) is 27.8. The number of benzene rings is 2. The molecule has 0 radical (unpaired) electrons. The quantitative estimate of drug-likeness (QED) is 0.332. The Morgan fingerprint density at radius 2 is 1.86 bits per heavy atom. The number of halogens is 4. The molecule has 12 heteroatoms. The molecule has 1 amide bonds. The third kappa shape index (κ3) is 5.51. The molecule has 0 heterocycles. The van der Waals surface area contributed by atoms with Crippen LogP contribution in [0.5, 0.6) is 0 Å². The van der Waals surface area contributed by atoms with Gasteiger partial charge in [-0.15, -0.1) is 0 Å². The predicted octanol–water partition coefficient (Wildman–Crippen LogP) is 3.96. The van der Waals surface area contributed by atoms with Crippen molar-refractivity contribution in [3.8, 4) is 0 Å². The minimum Gasteiger partial charge on any atom is -0.394 e. The summed E-state index contributed by atoms with van der Waals surface area (Å²) in [5, 5.41) is 21.3. The summed E-state index contributed by atoms with van der Waals surface area (Å²) >= 11 is 6.27. The van der Waals surface area contributed by atoms with Crippen LogP contribution in [0.25, 0.3) is 0 Å². The van der Waals surface area contributed by atoms with Gasteiger partial charge in [0.1, 0.15) is 0 Å². The molecule has 5 atom stereocenters. The van der Waals surface area contributed by atoms with Gasteiger partial charge in [0.05, 0.1) is 40.6 Å². The van der Waals surface area contributed by atoms with Crippen LogP contribution in [-0.4, -0.2) is 55.2 Å². The summed E-state index contributed by atoms with van der Waals surface area (Å²) in [7, 11) is -4.06. The number of nitrogens with one attached hydrogen (secondary N) is 1. The number of ether oxygens (including phenoxy) is 1. The van der Waals surface area contributed by atoms with Gasteiger partial charge < -0.3 is 20.3 Å². The number of sulfone groups is 1. The van der Waals surface area contributed by atoms with E-state index in [1.165, 1.54) is 12.1 Å². The van der Waals surface area contributed by atoms with E-state index in [1.54, 1.807) is 0 Å².